The number of carbonyl (C=O) groups is 1. The molecule has 0 amide bonds. The molecule has 0 saturated carbocycles. The van der Waals surface area contributed by atoms with Crippen LogP contribution in [0.1, 0.15) is 27.7 Å². The fourth-order valence-electron chi connectivity index (χ4n) is 0.448. The maximum absolute atomic E-state index is 10.8. The monoisotopic (exact) mass is 194 g/mol. The van der Waals surface area contributed by atoms with E-state index >= 15 is 0 Å². The highest BCUT2D eigenvalue weighted by Gasteiger charge is 2.16. The Bertz CT molecular complexity index is 145. The van der Waals surface area contributed by atoms with Gasteiger partial charge in [0.25, 0.3) is 0 Å². The maximum Gasteiger partial charge on any atom is 0.510 e. The van der Waals surface area contributed by atoms with Crippen molar-refractivity contribution in [1.29, 1.82) is 0 Å². The van der Waals surface area contributed by atoms with E-state index in [0.717, 1.165) is 0 Å². The van der Waals surface area contributed by atoms with Gasteiger partial charge in [0.1, 0.15) is 0 Å². The molecule has 0 rings (SSSR count). The second-order valence-electron chi connectivity index (χ2n) is 3.13. The molecule has 0 aliphatic carbocycles. The molecule has 12 heavy (non-hydrogen) atoms. The van der Waals surface area contributed by atoms with E-state index in [1.54, 1.807) is 13.8 Å². The van der Waals surface area contributed by atoms with E-state index in [2.05, 4.69) is 0 Å². The molecule has 0 spiro atoms. The predicted octanol–water partition coefficient (Wildman–Crippen LogP) is 2.77. The van der Waals surface area contributed by atoms with Gasteiger partial charge in [0, 0.05) is 5.92 Å². The number of carbonyl (C=O) groups excluding carboxylic acids is 1. The molecule has 0 aromatic carbocycles. The summed E-state index contributed by atoms with van der Waals surface area (Å²) in [6, 6.07) is 0. The van der Waals surface area contributed by atoms with Gasteiger partial charge in [0.2, 0.25) is 0 Å². The van der Waals surface area contributed by atoms with E-state index < -0.39 is 11.7 Å². The third-order valence-corrected chi connectivity index (χ3v) is 1.66. The summed E-state index contributed by atoms with van der Waals surface area (Å²) in [6.07, 6.45) is -0.882. The normalized spacial score (nSPS) is 13.2. The maximum atomic E-state index is 10.8. The zero-order valence-corrected chi connectivity index (χ0v) is 8.59. The van der Waals surface area contributed by atoms with Crippen LogP contribution in [0.4, 0.5) is 4.79 Å². The van der Waals surface area contributed by atoms with Gasteiger partial charge in [0.15, 0.2) is 5.56 Å². The van der Waals surface area contributed by atoms with Crippen LogP contribution in [-0.2, 0) is 9.47 Å². The van der Waals surface area contributed by atoms with E-state index in [9.17, 15) is 4.79 Å². The number of rotatable bonds is 3. The Labute approximate surface area is 78.0 Å². The van der Waals surface area contributed by atoms with E-state index in [1.165, 1.54) is 0 Å². The summed E-state index contributed by atoms with van der Waals surface area (Å²) in [5, 5.41) is 0. The van der Waals surface area contributed by atoms with Crippen molar-refractivity contribution in [2.45, 2.75) is 39.4 Å². The Morgan fingerprint density at radius 2 is 1.67 bits per heavy atom. The van der Waals surface area contributed by atoms with Crippen LogP contribution in [0.3, 0.4) is 0 Å². The molecule has 0 aliphatic heterocycles. The van der Waals surface area contributed by atoms with Crippen molar-refractivity contribution in [3.05, 3.63) is 0 Å². The fourth-order valence-corrected chi connectivity index (χ4v) is 0.521. The summed E-state index contributed by atoms with van der Waals surface area (Å²) in [6.45, 7) is 7.22. The molecule has 1 atom stereocenters. The molecule has 0 saturated heterocycles. The van der Waals surface area contributed by atoms with Gasteiger partial charge in [-0.15, -0.1) is 0 Å². The lowest BCUT2D eigenvalue weighted by molar-refractivity contribution is 0.0173. The van der Waals surface area contributed by atoms with Crippen molar-refractivity contribution >= 4 is 17.8 Å². The van der Waals surface area contributed by atoms with Gasteiger partial charge in [-0.2, -0.15) is 0 Å². The topological polar surface area (TPSA) is 35.5 Å². The molecule has 0 aromatic heterocycles. The van der Waals surface area contributed by atoms with Crippen molar-refractivity contribution in [2.75, 3.05) is 0 Å². The Morgan fingerprint density at radius 3 is 2.00 bits per heavy atom. The van der Waals surface area contributed by atoms with Crippen LogP contribution in [0, 0.1) is 5.92 Å². The zero-order chi connectivity index (χ0) is 9.72. The van der Waals surface area contributed by atoms with Gasteiger partial charge < -0.3 is 9.47 Å². The van der Waals surface area contributed by atoms with Crippen LogP contribution in [0.25, 0.3) is 0 Å². The van der Waals surface area contributed by atoms with Crippen molar-refractivity contribution in [3.63, 3.8) is 0 Å². The first kappa shape index (κ1) is 11.6. The number of ether oxygens (including phenoxy) is 2. The molecular formula is C8H15ClO3. The molecule has 0 aliphatic rings. The average molecular weight is 195 g/mol. The number of alkyl halides is 1. The third-order valence-electron chi connectivity index (χ3n) is 1.06. The second-order valence-corrected chi connectivity index (χ2v) is 3.56. The second kappa shape index (κ2) is 5.25. The molecule has 72 valence electrons. The van der Waals surface area contributed by atoms with Gasteiger partial charge in [-0.3, -0.25) is 0 Å². The van der Waals surface area contributed by atoms with Crippen LogP contribution >= 0.6 is 11.6 Å². The highest BCUT2D eigenvalue weighted by molar-refractivity contribution is 6.20. The highest BCUT2D eigenvalue weighted by atomic mass is 35.5. The lowest BCUT2D eigenvalue weighted by atomic mass is 10.2. The molecular weight excluding hydrogens is 180 g/mol. The summed E-state index contributed by atoms with van der Waals surface area (Å²) in [5.41, 5.74) is -0.615. The van der Waals surface area contributed by atoms with Gasteiger partial charge in [-0.25, -0.2) is 4.79 Å². The Balaban J connectivity index is 3.69. The minimum Gasteiger partial charge on any atom is -0.432 e. The summed E-state index contributed by atoms with van der Waals surface area (Å²) >= 11 is 5.67. The third kappa shape index (κ3) is 5.24. The largest absolute Gasteiger partial charge is 0.510 e. The molecule has 0 bridgehead atoms. The SMILES string of the molecule is CC(C)OC(=O)OC(Cl)C(C)C. The van der Waals surface area contributed by atoms with Crippen molar-refractivity contribution < 1.29 is 14.3 Å². The van der Waals surface area contributed by atoms with Crippen LogP contribution < -0.4 is 0 Å². The van der Waals surface area contributed by atoms with Crippen molar-refractivity contribution in [2.24, 2.45) is 5.92 Å². The van der Waals surface area contributed by atoms with E-state index in [0.29, 0.717) is 0 Å². The van der Waals surface area contributed by atoms with Crippen molar-refractivity contribution in [1.82, 2.24) is 0 Å². The zero-order valence-electron chi connectivity index (χ0n) is 7.83. The number of hydrogen-bond acceptors (Lipinski definition) is 3. The standard InChI is InChI=1S/C8H15ClO3/c1-5(2)7(9)12-8(10)11-6(3)4/h5-7H,1-4H3. The van der Waals surface area contributed by atoms with Gasteiger partial charge in [0.05, 0.1) is 6.10 Å². The first-order valence-electron chi connectivity index (χ1n) is 3.94. The molecule has 1 unspecified atom stereocenters. The van der Waals surface area contributed by atoms with Gasteiger partial charge in [-0.05, 0) is 13.8 Å². The van der Waals surface area contributed by atoms with Crippen LogP contribution in [-0.4, -0.2) is 17.8 Å². The molecule has 0 aromatic rings. The highest BCUT2D eigenvalue weighted by Crippen LogP contribution is 2.11. The lowest BCUT2D eigenvalue weighted by Crippen LogP contribution is -2.21. The van der Waals surface area contributed by atoms with Gasteiger partial charge in [-0.1, -0.05) is 25.4 Å². The number of hydrogen-bond donors (Lipinski definition) is 0. The quantitative estimate of drug-likeness (QED) is 0.512. The van der Waals surface area contributed by atoms with E-state index in [1.807, 2.05) is 13.8 Å². The van der Waals surface area contributed by atoms with E-state index in [-0.39, 0.29) is 12.0 Å². The first-order chi connectivity index (χ1) is 5.43. The van der Waals surface area contributed by atoms with Crippen LogP contribution in [0.15, 0.2) is 0 Å². The van der Waals surface area contributed by atoms with Crippen LogP contribution in [0.5, 0.6) is 0 Å². The molecule has 3 nitrogen and oxygen atoms in total. The molecule has 0 fully saturated rings. The Kier molecular flexibility index (Phi) is 5.06. The number of halogens is 1. The molecule has 0 heterocycles. The Hall–Kier alpha value is -0.440. The van der Waals surface area contributed by atoms with Crippen molar-refractivity contribution in [3.8, 4) is 0 Å². The molecule has 4 heteroatoms. The first-order valence-corrected chi connectivity index (χ1v) is 4.38. The minimum absolute atomic E-state index is 0.0892. The fraction of sp³-hybridized carbons (Fsp3) is 0.875. The Morgan fingerprint density at radius 1 is 1.17 bits per heavy atom. The smallest absolute Gasteiger partial charge is 0.432 e. The molecule has 0 N–H and O–H groups in total. The summed E-state index contributed by atoms with van der Waals surface area (Å²) < 4.78 is 9.45. The summed E-state index contributed by atoms with van der Waals surface area (Å²) in [4.78, 5) is 10.8. The minimum atomic E-state index is -0.710. The predicted molar refractivity (Wildman–Crippen MR) is 47.2 cm³/mol. The molecule has 0 radical (unpaired) electrons. The van der Waals surface area contributed by atoms with E-state index in [4.69, 9.17) is 21.1 Å². The van der Waals surface area contributed by atoms with Gasteiger partial charge >= 0.3 is 6.16 Å². The van der Waals surface area contributed by atoms with Crippen LogP contribution in [0.2, 0.25) is 0 Å². The summed E-state index contributed by atoms with van der Waals surface area (Å²) in [5.74, 6) is 0.0892. The summed E-state index contributed by atoms with van der Waals surface area (Å²) in [7, 11) is 0. The average Bonchev–Trinajstić information content (AvgIpc) is 1.84. The lowest BCUT2D eigenvalue weighted by Gasteiger charge is -2.15.